The Balaban J connectivity index is 0.00000242. The van der Waals surface area contributed by atoms with Crippen LogP contribution in [-0.4, -0.2) is 35.2 Å². The van der Waals surface area contributed by atoms with Crippen LogP contribution in [0.5, 0.6) is 0 Å². The Morgan fingerprint density at radius 2 is 2.18 bits per heavy atom. The van der Waals surface area contributed by atoms with Crippen LogP contribution >= 0.6 is 24.2 Å². The van der Waals surface area contributed by atoms with Crippen LogP contribution in [0.3, 0.4) is 0 Å². The molecule has 2 rings (SSSR count). The maximum absolute atomic E-state index is 13.5. The highest BCUT2D eigenvalue weighted by molar-refractivity contribution is 7.99. The molecule has 1 aliphatic rings. The van der Waals surface area contributed by atoms with Crippen molar-refractivity contribution >= 4 is 30.1 Å². The number of rotatable bonds is 5. The predicted molar refractivity (Wildman–Crippen MR) is 92.0 cm³/mol. The minimum atomic E-state index is -0.221. The number of piperidine rings is 1. The molecule has 3 nitrogen and oxygen atoms in total. The van der Waals surface area contributed by atoms with Crippen molar-refractivity contribution in [2.75, 3.05) is 12.3 Å². The summed E-state index contributed by atoms with van der Waals surface area (Å²) in [7, 11) is 0. The Bertz CT molecular complexity index is 487. The number of halogens is 2. The van der Waals surface area contributed by atoms with Gasteiger partial charge in [0, 0.05) is 35.7 Å². The molecule has 124 valence electrons. The molecule has 6 heteroatoms. The van der Waals surface area contributed by atoms with Crippen LogP contribution in [0.2, 0.25) is 0 Å². The van der Waals surface area contributed by atoms with Gasteiger partial charge in [-0.25, -0.2) is 4.39 Å². The SMILES string of the molecule is CC(N)C1CCCCN1C(=O)CCSc1ccccc1F.Cl. The molecule has 0 saturated carbocycles. The second-order valence-corrected chi connectivity index (χ2v) is 6.68. The summed E-state index contributed by atoms with van der Waals surface area (Å²) in [6.45, 7) is 2.76. The van der Waals surface area contributed by atoms with E-state index in [9.17, 15) is 9.18 Å². The number of likely N-dealkylation sites (tertiary alicyclic amines) is 1. The topological polar surface area (TPSA) is 46.3 Å². The zero-order chi connectivity index (χ0) is 15.2. The average molecular weight is 347 g/mol. The molecule has 2 N–H and O–H groups in total. The molecule has 1 saturated heterocycles. The number of thioether (sulfide) groups is 1. The molecule has 1 aromatic carbocycles. The van der Waals surface area contributed by atoms with Gasteiger partial charge in [0.1, 0.15) is 5.82 Å². The number of hydrogen-bond acceptors (Lipinski definition) is 3. The van der Waals surface area contributed by atoms with E-state index in [4.69, 9.17) is 5.73 Å². The highest BCUT2D eigenvalue weighted by atomic mass is 35.5. The van der Waals surface area contributed by atoms with Gasteiger partial charge in [-0.05, 0) is 38.3 Å². The number of carbonyl (C=O) groups is 1. The Morgan fingerprint density at radius 3 is 2.86 bits per heavy atom. The van der Waals surface area contributed by atoms with Gasteiger partial charge in [0.2, 0.25) is 5.91 Å². The number of benzene rings is 1. The highest BCUT2D eigenvalue weighted by Gasteiger charge is 2.28. The van der Waals surface area contributed by atoms with Crippen molar-refractivity contribution in [3.8, 4) is 0 Å². The third kappa shape index (κ3) is 5.14. The number of nitrogens with two attached hydrogens (primary N) is 1. The Labute approximate surface area is 142 Å². The zero-order valence-electron chi connectivity index (χ0n) is 12.8. The van der Waals surface area contributed by atoms with E-state index in [1.54, 1.807) is 12.1 Å². The normalized spacial score (nSPS) is 19.4. The maximum Gasteiger partial charge on any atom is 0.223 e. The van der Waals surface area contributed by atoms with Crippen LogP contribution in [0.15, 0.2) is 29.2 Å². The van der Waals surface area contributed by atoms with E-state index in [0.717, 1.165) is 25.8 Å². The molecule has 1 aromatic rings. The Hall–Kier alpha value is -0.780. The van der Waals surface area contributed by atoms with Gasteiger partial charge in [-0.3, -0.25) is 4.79 Å². The molecule has 0 aliphatic carbocycles. The lowest BCUT2D eigenvalue weighted by molar-refractivity contribution is -0.134. The lowest BCUT2D eigenvalue weighted by Gasteiger charge is -2.38. The number of nitrogens with zero attached hydrogens (tertiary/aromatic N) is 1. The summed E-state index contributed by atoms with van der Waals surface area (Å²) in [6.07, 6.45) is 3.61. The fourth-order valence-corrected chi connectivity index (χ4v) is 3.64. The summed E-state index contributed by atoms with van der Waals surface area (Å²) in [5, 5.41) is 0. The molecule has 1 aliphatic heterocycles. The van der Waals surface area contributed by atoms with Gasteiger partial charge in [0.25, 0.3) is 0 Å². The third-order valence-electron chi connectivity index (χ3n) is 3.89. The summed E-state index contributed by atoms with van der Waals surface area (Å²) in [5.41, 5.74) is 5.99. The molecular formula is C16H24ClFN2OS. The van der Waals surface area contributed by atoms with Crippen LogP contribution in [0.1, 0.15) is 32.6 Å². The number of amides is 1. The fourth-order valence-electron chi connectivity index (χ4n) is 2.77. The van der Waals surface area contributed by atoms with E-state index < -0.39 is 0 Å². The van der Waals surface area contributed by atoms with E-state index >= 15 is 0 Å². The predicted octanol–water partition coefficient (Wildman–Crippen LogP) is 3.46. The molecule has 2 unspecified atom stereocenters. The fraction of sp³-hybridized carbons (Fsp3) is 0.562. The molecule has 0 spiro atoms. The first kappa shape index (κ1) is 19.3. The van der Waals surface area contributed by atoms with E-state index in [1.807, 2.05) is 17.9 Å². The molecule has 1 heterocycles. The highest BCUT2D eigenvalue weighted by Crippen LogP contribution is 2.24. The minimum Gasteiger partial charge on any atom is -0.338 e. The van der Waals surface area contributed by atoms with Crippen LogP contribution in [0, 0.1) is 5.82 Å². The van der Waals surface area contributed by atoms with Crippen molar-refractivity contribution in [3.63, 3.8) is 0 Å². The van der Waals surface area contributed by atoms with Crippen molar-refractivity contribution in [2.45, 2.75) is 49.6 Å². The molecule has 22 heavy (non-hydrogen) atoms. The lowest BCUT2D eigenvalue weighted by Crippen LogP contribution is -2.51. The molecule has 0 radical (unpaired) electrons. The summed E-state index contributed by atoms with van der Waals surface area (Å²) in [5.74, 6) is 0.518. The molecule has 0 bridgehead atoms. The number of hydrogen-bond donors (Lipinski definition) is 1. The molecule has 1 fully saturated rings. The van der Waals surface area contributed by atoms with Gasteiger partial charge in [-0.2, -0.15) is 0 Å². The first-order valence-electron chi connectivity index (χ1n) is 7.52. The van der Waals surface area contributed by atoms with Crippen LogP contribution < -0.4 is 5.73 Å². The second kappa shape index (κ2) is 9.38. The lowest BCUT2D eigenvalue weighted by atomic mass is 9.96. The zero-order valence-corrected chi connectivity index (χ0v) is 14.5. The van der Waals surface area contributed by atoms with Crippen molar-refractivity contribution in [1.82, 2.24) is 4.90 Å². The standard InChI is InChI=1S/C16H23FN2OS.ClH/c1-12(18)14-7-4-5-10-19(14)16(20)9-11-21-15-8-3-2-6-13(15)17;/h2-3,6,8,12,14H,4-5,7,9-11,18H2,1H3;1H. The first-order chi connectivity index (χ1) is 10.1. The Morgan fingerprint density at radius 1 is 1.45 bits per heavy atom. The van der Waals surface area contributed by atoms with Gasteiger partial charge in [-0.15, -0.1) is 24.2 Å². The third-order valence-corrected chi connectivity index (χ3v) is 4.94. The number of carbonyl (C=O) groups excluding carboxylic acids is 1. The summed E-state index contributed by atoms with van der Waals surface area (Å²) in [4.78, 5) is 14.9. The van der Waals surface area contributed by atoms with Crippen LogP contribution in [0.4, 0.5) is 4.39 Å². The largest absolute Gasteiger partial charge is 0.338 e. The average Bonchev–Trinajstić information content (AvgIpc) is 2.49. The van der Waals surface area contributed by atoms with E-state index in [-0.39, 0.29) is 36.2 Å². The van der Waals surface area contributed by atoms with Crippen molar-refractivity contribution in [3.05, 3.63) is 30.1 Å². The van der Waals surface area contributed by atoms with E-state index in [0.29, 0.717) is 17.1 Å². The molecular weight excluding hydrogens is 323 g/mol. The smallest absolute Gasteiger partial charge is 0.223 e. The summed E-state index contributed by atoms with van der Waals surface area (Å²) < 4.78 is 13.5. The van der Waals surface area contributed by atoms with Gasteiger partial charge in [-0.1, -0.05) is 12.1 Å². The second-order valence-electron chi connectivity index (χ2n) is 5.54. The minimum absolute atomic E-state index is 0. The quantitative estimate of drug-likeness (QED) is 0.830. The molecule has 0 aromatic heterocycles. The van der Waals surface area contributed by atoms with Crippen molar-refractivity contribution in [1.29, 1.82) is 0 Å². The first-order valence-corrected chi connectivity index (χ1v) is 8.50. The van der Waals surface area contributed by atoms with Gasteiger partial charge < -0.3 is 10.6 Å². The van der Waals surface area contributed by atoms with Crippen molar-refractivity contribution in [2.24, 2.45) is 5.73 Å². The van der Waals surface area contributed by atoms with Crippen LogP contribution in [0.25, 0.3) is 0 Å². The Kier molecular flexibility index (Phi) is 8.21. The molecule has 1 amide bonds. The van der Waals surface area contributed by atoms with E-state index in [1.165, 1.54) is 17.8 Å². The monoisotopic (exact) mass is 346 g/mol. The van der Waals surface area contributed by atoms with Crippen LogP contribution in [-0.2, 0) is 4.79 Å². The summed E-state index contributed by atoms with van der Waals surface area (Å²) in [6, 6.07) is 6.84. The van der Waals surface area contributed by atoms with Gasteiger partial charge in [0.15, 0.2) is 0 Å². The van der Waals surface area contributed by atoms with Gasteiger partial charge >= 0.3 is 0 Å². The van der Waals surface area contributed by atoms with E-state index in [2.05, 4.69) is 0 Å². The summed E-state index contributed by atoms with van der Waals surface area (Å²) >= 11 is 1.40. The molecule has 2 atom stereocenters. The van der Waals surface area contributed by atoms with Crippen molar-refractivity contribution < 1.29 is 9.18 Å². The maximum atomic E-state index is 13.5. The van der Waals surface area contributed by atoms with Gasteiger partial charge in [0.05, 0.1) is 0 Å².